The highest BCUT2D eigenvalue weighted by molar-refractivity contribution is 6.08. The maximum atomic E-state index is 13.7. The Morgan fingerprint density at radius 2 is 1.85 bits per heavy atom. The number of para-hydroxylation sites is 1. The number of methoxy groups -OCH3 is 2. The topological polar surface area (TPSA) is 84.2 Å². The Balaban J connectivity index is 1.91. The van der Waals surface area contributed by atoms with Gasteiger partial charge in [-0.3, -0.25) is 4.79 Å². The lowest BCUT2D eigenvalue weighted by atomic mass is 10.0. The summed E-state index contributed by atoms with van der Waals surface area (Å²) in [4.78, 5) is 18.0. The van der Waals surface area contributed by atoms with Gasteiger partial charge < -0.3 is 14.6 Å². The van der Waals surface area contributed by atoms with Crippen molar-refractivity contribution in [3.63, 3.8) is 0 Å². The average molecular weight is 459 g/mol. The maximum Gasteiger partial charge on any atom is 0.438 e. The predicted molar refractivity (Wildman–Crippen MR) is 115 cm³/mol. The standard InChI is InChI=1S/C23H20F3N3O4/c1-13-12-22(31,23(24,25)26)29(28-13)21(30)17-11-19(27-18-7-5-4-6-15(17)18)16-9-8-14(32-2)10-20(16)33-3/h4-11,31H,12H2,1-3H3/t22-/m1/s1. The zero-order chi connectivity index (χ0) is 24.0. The van der Waals surface area contributed by atoms with Gasteiger partial charge in [0.1, 0.15) is 11.5 Å². The van der Waals surface area contributed by atoms with Crippen LogP contribution >= 0.6 is 0 Å². The van der Waals surface area contributed by atoms with Gasteiger partial charge in [0.2, 0.25) is 0 Å². The third kappa shape index (κ3) is 3.76. The second-order valence-electron chi connectivity index (χ2n) is 7.58. The summed E-state index contributed by atoms with van der Waals surface area (Å²) in [6.45, 7) is 1.32. The van der Waals surface area contributed by atoms with E-state index in [0.29, 0.717) is 33.7 Å². The fourth-order valence-corrected chi connectivity index (χ4v) is 3.77. The number of amides is 1. The van der Waals surface area contributed by atoms with Crippen molar-refractivity contribution in [2.24, 2.45) is 5.10 Å². The first kappa shape index (κ1) is 22.5. The molecule has 1 N–H and O–H groups in total. The van der Waals surface area contributed by atoms with E-state index in [1.54, 1.807) is 42.5 Å². The van der Waals surface area contributed by atoms with Crippen LogP contribution < -0.4 is 9.47 Å². The number of hydrazone groups is 1. The van der Waals surface area contributed by atoms with Crippen molar-refractivity contribution in [1.82, 2.24) is 9.99 Å². The largest absolute Gasteiger partial charge is 0.497 e. The Morgan fingerprint density at radius 3 is 2.52 bits per heavy atom. The zero-order valence-corrected chi connectivity index (χ0v) is 18.0. The third-order valence-corrected chi connectivity index (χ3v) is 5.40. The van der Waals surface area contributed by atoms with Crippen LogP contribution in [0.4, 0.5) is 13.2 Å². The molecule has 172 valence electrons. The summed E-state index contributed by atoms with van der Waals surface area (Å²) in [7, 11) is 2.95. The molecule has 4 rings (SSSR count). The van der Waals surface area contributed by atoms with Crippen LogP contribution in [0, 0.1) is 0 Å². The molecule has 0 unspecified atom stereocenters. The minimum absolute atomic E-state index is 0.0152. The Bertz CT molecular complexity index is 1280. The van der Waals surface area contributed by atoms with Crippen molar-refractivity contribution in [3.8, 4) is 22.8 Å². The Hall–Kier alpha value is -3.66. The molecule has 10 heteroatoms. The normalized spacial score (nSPS) is 18.4. The number of benzene rings is 2. The Morgan fingerprint density at radius 1 is 1.12 bits per heavy atom. The van der Waals surface area contributed by atoms with Gasteiger partial charge in [0, 0.05) is 29.1 Å². The number of hydrogen-bond donors (Lipinski definition) is 1. The van der Waals surface area contributed by atoms with E-state index in [2.05, 4.69) is 10.1 Å². The lowest BCUT2D eigenvalue weighted by Crippen LogP contribution is -2.56. The number of aromatic nitrogens is 1. The predicted octanol–water partition coefficient (Wildman–Crippen LogP) is 4.39. The van der Waals surface area contributed by atoms with Crippen molar-refractivity contribution in [2.45, 2.75) is 25.2 Å². The highest BCUT2D eigenvalue weighted by atomic mass is 19.4. The second-order valence-corrected chi connectivity index (χ2v) is 7.58. The van der Waals surface area contributed by atoms with E-state index in [0.717, 1.165) is 0 Å². The Kier molecular flexibility index (Phi) is 5.49. The van der Waals surface area contributed by atoms with E-state index in [-0.39, 0.29) is 16.3 Å². The molecule has 1 aromatic heterocycles. The van der Waals surface area contributed by atoms with Gasteiger partial charge >= 0.3 is 6.18 Å². The van der Waals surface area contributed by atoms with E-state index in [1.165, 1.54) is 27.2 Å². The minimum atomic E-state index is -5.10. The molecular formula is C23H20F3N3O4. The molecule has 1 atom stereocenters. The fourth-order valence-electron chi connectivity index (χ4n) is 3.77. The van der Waals surface area contributed by atoms with Crippen LogP contribution in [0.25, 0.3) is 22.2 Å². The molecule has 0 fully saturated rings. The van der Waals surface area contributed by atoms with E-state index < -0.39 is 24.2 Å². The quantitative estimate of drug-likeness (QED) is 0.626. The summed E-state index contributed by atoms with van der Waals surface area (Å²) in [6.07, 6.45) is -5.93. The maximum absolute atomic E-state index is 13.7. The summed E-state index contributed by atoms with van der Waals surface area (Å²) in [5, 5.41) is 14.6. The molecule has 1 aliphatic heterocycles. The number of alkyl halides is 3. The van der Waals surface area contributed by atoms with Crippen molar-refractivity contribution in [2.75, 3.05) is 14.2 Å². The lowest BCUT2D eigenvalue weighted by Gasteiger charge is -2.32. The van der Waals surface area contributed by atoms with E-state index in [1.807, 2.05) is 0 Å². The molecule has 3 aromatic rings. The first-order valence-corrected chi connectivity index (χ1v) is 9.89. The molecule has 0 saturated heterocycles. The molecule has 1 aliphatic rings. The zero-order valence-electron chi connectivity index (χ0n) is 18.0. The number of rotatable bonds is 4. The number of carbonyl (C=O) groups is 1. The number of hydrogen-bond acceptors (Lipinski definition) is 6. The second kappa shape index (κ2) is 8.04. The minimum Gasteiger partial charge on any atom is -0.497 e. The van der Waals surface area contributed by atoms with Crippen LogP contribution in [0.2, 0.25) is 0 Å². The van der Waals surface area contributed by atoms with Crippen LogP contribution in [-0.2, 0) is 0 Å². The van der Waals surface area contributed by atoms with E-state index in [9.17, 15) is 23.1 Å². The summed E-state index contributed by atoms with van der Waals surface area (Å²) in [6, 6.07) is 12.9. The monoisotopic (exact) mass is 459 g/mol. The summed E-state index contributed by atoms with van der Waals surface area (Å²) < 4.78 is 51.8. The molecule has 0 saturated carbocycles. The molecule has 0 spiro atoms. The number of carbonyl (C=O) groups excluding carboxylic acids is 1. The Labute approximate surface area is 187 Å². The lowest BCUT2D eigenvalue weighted by molar-refractivity contribution is -0.297. The summed E-state index contributed by atoms with van der Waals surface area (Å²) in [5.74, 6) is -0.166. The van der Waals surface area contributed by atoms with Crippen molar-refractivity contribution in [3.05, 3.63) is 54.1 Å². The highest BCUT2D eigenvalue weighted by Crippen LogP contribution is 2.42. The molecular weight excluding hydrogens is 439 g/mol. The molecule has 33 heavy (non-hydrogen) atoms. The van der Waals surface area contributed by atoms with Crippen molar-refractivity contribution < 1.29 is 32.5 Å². The molecule has 0 radical (unpaired) electrons. The van der Waals surface area contributed by atoms with Crippen LogP contribution in [0.15, 0.2) is 53.6 Å². The number of fused-ring (bicyclic) bond motifs is 1. The smallest absolute Gasteiger partial charge is 0.438 e. The fraction of sp³-hybridized carbons (Fsp3) is 0.261. The molecule has 2 heterocycles. The van der Waals surface area contributed by atoms with Crippen LogP contribution in [0.5, 0.6) is 11.5 Å². The average Bonchev–Trinajstić information content (AvgIpc) is 3.12. The van der Waals surface area contributed by atoms with Gasteiger partial charge in [0.25, 0.3) is 11.6 Å². The summed E-state index contributed by atoms with van der Waals surface area (Å²) in [5.41, 5.74) is -2.35. The summed E-state index contributed by atoms with van der Waals surface area (Å²) >= 11 is 0. The van der Waals surface area contributed by atoms with Crippen LogP contribution in [0.3, 0.4) is 0 Å². The van der Waals surface area contributed by atoms with Gasteiger partial charge in [-0.25, -0.2) is 4.98 Å². The number of pyridine rings is 1. The molecule has 0 bridgehead atoms. The van der Waals surface area contributed by atoms with E-state index >= 15 is 0 Å². The first-order valence-electron chi connectivity index (χ1n) is 9.89. The molecule has 7 nitrogen and oxygen atoms in total. The van der Waals surface area contributed by atoms with Gasteiger partial charge in [-0.15, -0.1) is 0 Å². The van der Waals surface area contributed by atoms with Crippen LogP contribution in [0.1, 0.15) is 23.7 Å². The SMILES string of the molecule is COc1ccc(-c2cc(C(=O)N3N=C(C)C[C@@]3(O)C(F)(F)F)c3ccccc3n2)c(OC)c1. The molecule has 1 amide bonds. The van der Waals surface area contributed by atoms with Gasteiger partial charge in [-0.1, -0.05) is 18.2 Å². The highest BCUT2D eigenvalue weighted by Gasteiger charge is 2.62. The van der Waals surface area contributed by atoms with Gasteiger partial charge in [-0.2, -0.15) is 23.3 Å². The van der Waals surface area contributed by atoms with E-state index in [4.69, 9.17) is 9.47 Å². The first-order chi connectivity index (χ1) is 15.6. The van der Waals surface area contributed by atoms with Gasteiger partial charge in [-0.05, 0) is 31.2 Å². The number of nitrogens with zero attached hydrogens (tertiary/aromatic N) is 3. The number of halogens is 3. The van der Waals surface area contributed by atoms with Crippen molar-refractivity contribution in [1.29, 1.82) is 0 Å². The van der Waals surface area contributed by atoms with Gasteiger partial charge in [0.15, 0.2) is 0 Å². The third-order valence-electron chi connectivity index (χ3n) is 5.40. The number of aliphatic hydroxyl groups is 1. The molecule has 0 aliphatic carbocycles. The number of ether oxygens (including phenoxy) is 2. The van der Waals surface area contributed by atoms with Crippen molar-refractivity contribution >= 4 is 22.5 Å². The molecule has 2 aromatic carbocycles. The van der Waals surface area contributed by atoms with Gasteiger partial charge in [0.05, 0.1) is 31.0 Å². The van der Waals surface area contributed by atoms with Crippen LogP contribution in [-0.4, -0.2) is 52.8 Å².